The maximum atomic E-state index is 14.2. The maximum Gasteiger partial charge on any atom is 0.271 e. The predicted molar refractivity (Wildman–Crippen MR) is 103 cm³/mol. The number of anilines is 1. The lowest BCUT2D eigenvalue weighted by Crippen LogP contribution is -2.37. The molecule has 0 bridgehead atoms. The molecule has 0 spiro atoms. The van der Waals surface area contributed by atoms with E-state index in [9.17, 15) is 9.50 Å². The van der Waals surface area contributed by atoms with Gasteiger partial charge >= 0.3 is 0 Å². The first-order valence-electron chi connectivity index (χ1n) is 9.26. The third kappa shape index (κ3) is 3.40. The lowest BCUT2D eigenvalue weighted by atomic mass is 10.2. The Morgan fingerprint density at radius 3 is 2.79 bits per heavy atom. The van der Waals surface area contributed by atoms with Crippen LogP contribution >= 0.6 is 0 Å². The van der Waals surface area contributed by atoms with Gasteiger partial charge < -0.3 is 19.3 Å². The third-order valence-corrected chi connectivity index (χ3v) is 4.63. The first-order valence-corrected chi connectivity index (χ1v) is 9.26. The van der Waals surface area contributed by atoms with Crippen LogP contribution in [0.2, 0.25) is 0 Å². The zero-order chi connectivity index (χ0) is 19.5. The Morgan fingerprint density at radius 1 is 1.21 bits per heavy atom. The summed E-state index contributed by atoms with van der Waals surface area (Å²) in [5, 5.41) is 19.6. The molecule has 0 radical (unpaired) electrons. The van der Waals surface area contributed by atoms with Crippen molar-refractivity contribution < 1.29 is 14.2 Å². The number of halogens is 1. The largest absolute Gasteiger partial charge is 0.493 e. The van der Waals surface area contributed by atoms with Gasteiger partial charge in [-0.3, -0.25) is 0 Å². The van der Waals surface area contributed by atoms with E-state index in [1.54, 1.807) is 9.47 Å². The van der Waals surface area contributed by atoms with Gasteiger partial charge in [-0.05, 0) is 12.5 Å². The summed E-state index contributed by atoms with van der Waals surface area (Å²) in [4.78, 5) is 9.90. The number of benzene rings is 1. The molecule has 0 atom stereocenters. The molecule has 2 aromatic heterocycles. The van der Waals surface area contributed by atoms with E-state index >= 15 is 0 Å². The minimum Gasteiger partial charge on any atom is -0.493 e. The molecule has 1 fully saturated rings. The summed E-state index contributed by atoms with van der Waals surface area (Å²) in [5.41, 5.74) is 1.23. The van der Waals surface area contributed by atoms with Crippen molar-refractivity contribution in [2.45, 2.75) is 19.9 Å². The number of para-hydroxylation sites is 1. The van der Waals surface area contributed by atoms with Crippen molar-refractivity contribution in [2.75, 3.05) is 31.2 Å². The molecule has 4 rings (SSSR count). The summed E-state index contributed by atoms with van der Waals surface area (Å²) in [6, 6.07) is 7.59. The Balaban J connectivity index is 1.69. The first kappa shape index (κ1) is 18.3. The SMILES string of the molecule is CCCn1c(O)c(N=Nc2ncc(F)c(N3CCOCC3)n2)c2ccccc21. The summed E-state index contributed by atoms with van der Waals surface area (Å²) in [6.45, 7) is 4.84. The van der Waals surface area contributed by atoms with E-state index in [0.717, 1.165) is 23.5 Å². The van der Waals surface area contributed by atoms with Gasteiger partial charge in [0.25, 0.3) is 5.95 Å². The number of morpholine rings is 1. The molecule has 0 saturated carbocycles. The molecular weight excluding hydrogens is 363 g/mol. The maximum absolute atomic E-state index is 14.2. The Kier molecular flexibility index (Phi) is 5.16. The summed E-state index contributed by atoms with van der Waals surface area (Å²) < 4.78 is 21.2. The van der Waals surface area contributed by atoms with E-state index in [1.807, 2.05) is 31.2 Å². The number of azo groups is 1. The second kappa shape index (κ2) is 7.89. The summed E-state index contributed by atoms with van der Waals surface area (Å²) >= 11 is 0. The zero-order valence-electron chi connectivity index (χ0n) is 15.5. The molecular formula is C19H21FN6O2. The number of nitrogens with zero attached hydrogens (tertiary/aromatic N) is 6. The zero-order valence-corrected chi connectivity index (χ0v) is 15.5. The second-order valence-electron chi connectivity index (χ2n) is 6.48. The van der Waals surface area contributed by atoms with Gasteiger partial charge in [-0.2, -0.15) is 4.98 Å². The Bertz CT molecular complexity index is 1010. The normalized spacial score (nSPS) is 15.0. The van der Waals surface area contributed by atoms with Crippen LogP contribution in [0.3, 0.4) is 0 Å². The van der Waals surface area contributed by atoms with Gasteiger partial charge in [0.2, 0.25) is 5.88 Å². The Labute approximate surface area is 161 Å². The molecule has 1 aromatic carbocycles. The third-order valence-electron chi connectivity index (χ3n) is 4.63. The smallest absolute Gasteiger partial charge is 0.271 e. The molecule has 3 heterocycles. The highest BCUT2D eigenvalue weighted by Crippen LogP contribution is 2.39. The van der Waals surface area contributed by atoms with Crippen LogP contribution in [0.5, 0.6) is 5.88 Å². The van der Waals surface area contributed by atoms with Crippen LogP contribution in [-0.4, -0.2) is 45.9 Å². The highest BCUT2D eigenvalue weighted by Gasteiger charge is 2.19. The molecule has 1 aliphatic rings. The minimum atomic E-state index is -0.511. The Hall–Kier alpha value is -3.07. The van der Waals surface area contributed by atoms with Crippen molar-refractivity contribution in [2.24, 2.45) is 10.2 Å². The molecule has 9 heteroatoms. The van der Waals surface area contributed by atoms with Crippen LogP contribution in [0, 0.1) is 5.82 Å². The van der Waals surface area contributed by atoms with Crippen molar-refractivity contribution in [3.8, 4) is 5.88 Å². The number of fused-ring (bicyclic) bond motifs is 1. The molecule has 146 valence electrons. The molecule has 28 heavy (non-hydrogen) atoms. The van der Waals surface area contributed by atoms with Gasteiger partial charge in [-0.25, -0.2) is 9.37 Å². The fraction of sp³-hybridized carbons (Fsp3) is 0.368. The van der Waals surface area contributed by atoms with E-state index in [1.165, 1.54) is 0 Å². The monoisotopic (exact) mass is 384 g/mol. The van der Waals surface area contributed by atoms with Crippen LogP contribution < -0.4 is 4.90 Å². The van der Waals surface area contributed by atoms with E-state index < -0.39 is 5.82 Å². The Morgan fingerprint density at radius 2 is 2.00 bits per heavy atom. The molecule has 1 N–H and O–H groups in total. The van der Waals surface area contributed by atoms with E-state index in [0.29, 0.717) is 38.5 Å². The van der Waals surface area contributed by atoms with Gasteiger partial charge in [0.05, 0.1) is 24.9 Å². The van der Waals surface area contributed by atoms with Crippen LogP contribution in [-0.2, 0) is 11.3 Å². The van der Waals surface area contributed by atoms with Gasteiger partial charge in [0.1, 0.15) is 0 Å². The van der Waals surface area contributed by atoms with Gasteiger partial charge in [0.15, 0.2) is 17.3 Å². The number of hydrogen-bond acceptors (Lipinski definition) is 7. The van der Waals surface area contributed by atoms with E-state index in [4.69, 9.17) is 4.74 Å². The fourth-order valence-corrected chi connectivity index (χ4v) is 3.31. The lowest BCUT2D eigenvalue weighted by Gasteiger charge is -2.27. The quantitative estimate of drug-likeness (QED) is 0.673. The number of hydrogen-bond donors (Lipinski definition) is 1. The molecule has 0 aliphatic carbocycles. The van der Waals surface area contributed by atoms with Crippen LogP contribution in [0.1, 0.15) is 13.3 Å². The summed E-state index contributed by atoms with van der Waals surface area (Å²) in [6.07, 6.45) is 1.96. The molecule has 0 unspecified atom stereocenters. The first-order chi connectivity index (χ1) is 13.7. The number of ether oxygens (including phenoxy) is 1. The summed E-state index contributed by atoms with van der Waals surface area (Å²) in [7, 11) is 0. The standard InChI is InChI=1S/C19H21FN6O2/c1-2-7-26-15-6-4-3-5-13(15)16(18(26)27)23-24-19-21-12-14(20)17(22-19)25-8-10-28-11-9-25/h3-6,12,27H,2,7-11H2,1H3. The van der Waals surface area contributed by atoms with Crippen molar-refractivity contribution in [1.29, 1.82) is 0 Å². The average molecular weight is 384 g/mol. The van der Waals surface area contributed by atoms with Crippen LogP contribution in [0.25, 0.3) is 10.9 Å². The molecule has 8 nitrogen and oxygen atoms in total. The number of aromatic nitrogens is 3. The molecule has 0 amide bonds. The fourth-order valence-electron chi connectivity index (χ4n) is 3.31. The topological polar surface area (TPSA) is 88.1 Å². The molecule has 1 saturated heterocycles. The van der Waals surface area contributed by atoms with Crippen molar-refractivity contribution in [3.05, 3.63) is 36.3 Å². The van der Waals surface area contributed by atoms with Gasteiger partial charge in [-0.1, -0.05) is 25.1 Å². The second-order valence-corrected chi connectivity index (χ2v) is 6.48. The molecule has 3 aromatic rings. The average Bonchev–Trinajstić information content (AvgIpc) is 3.00. The van der Waals surface area contributed by atoms with Crippen LogP contribution in [0.4, 0.5) is 21.8 Å². The lowest BCUT2D eigenvalue weighted by molar-refractivity contribution is 0.122. The number of aromatic hydroxyl groups is 1. The van der Waals surface area contributed by atoms with Crippen molar-refractivity contribution in [1.82, 2.24) is 14.5 Å². The van der Waals surface area contributed by atoms with E-state index in [-0.39, 0.29) is 17.6 Å². The predicted octanol–water partition coefficient (Wildman–Crippen LogP) is 3.94. The highest BCUT2D eigenvalue weighted by atomic mass is 19.1. The van der Waals surface area contributed by atoms with Gasteiger partial charge in [0, 0.05) is 25.0 Å². The number of rotatable bonds is 5. The highest BCUT2D eigenvalue weighted by molar-refractivity contribution is 5.94. The number of aryl methyl sites for hydroxylation is 1. The van der Waals surface area contributed by atoms with Crippen molar-refractivity contribution >= 4 is 28.4 Å². The van der Waals surface area contributed by atoms with E-state index in [2.05, 4.69) is 20.2 Å². The summed E-state index contributed by atoms with van der Waals surface area (Å²) in [5.74, 6) is -0.245. The van der Waals surface area contributed by atoms with Crippen LogP contribution in [0.15, 0.2) is 40.7 Å². The minimum absolute atomic E-state index is 0.0367. The van der Waals surface area contributed by atoms with Crippen molar-refractivity contribution in [3.63, 3.8) is 0 Å². The van der Waals surface area contributed by atoms with Gasteiger partial charge in [-0.15, -0.1) is 10.2 Å². The molecule has 1 aliphatic heterocycles.